The minimum Gasteiger partial charge on any atom is -0.378 e. The number of morpholine rings is 1. The highest BCUT2D eigenvalue weighted by molar-refractivity contribution is 6.33. The lowest BCUT2D eigenvalue weighted by molar-refractivity contribution is -0.384. The number of rotatable bonds is 4. The lowest BCUT2D eigenvalue weighted by Gasteiger charge is -2.37. The van der Waals surface area contributed by atoms with Gasteiger partial charge in [-0.2, -0.15) is 0 Å². The van der Waals surface area contributed by atoms with Gasteiger partial charge in [0.05, 0.1) is 28.8 Å². The van der Waals surface area contributed by atoms with Gasteiger partial charge in [-0.25, -0.2) is 0 Å². The summed E-state index contributed by atoms with van der Waals surface area (Å²) < 4.78 is 5.27. The molecule has 9 heteroatoms. The molecule has 0 spiro atoms. The highest BCUT2D eigenvalue weighted by atomic mass is 35.5. The number of nitro groups is 1. The van der Waals surface area contributed by atoms with Crippen LogP contribution < -0.4 is 9.80 Å². The molecule has 30 heavy (non-hydrogen) atoms. The van der Waals surface area contributed by atoms with Crippen LogP contribution >= 0.6 is 11.6 Å². The average Bonchev–Trinajstić information content (AvgIpc) is 2.79. The second kappa shape index (κ2) is 8.89. The van der Waals surface area contributed by atoms with Gasteiger partial charge in [0.15, 0.2) is 0 Å². The minimum atomic E-state index is -0.411. The number of halogens is 1. The van der Waals surface area contributed by atoms with Gasteiger partial charge in [0.2, 0.25) is 0 Å². The van der Waals surface area contributed by atoms with E-state index in [0.717, 1.165) is 5.69 Å². The van der Waals surface area contributed by atoms with E-state index in [0.29, 0.717) is 68.8 Å². The Hall–Kier alpha value is -2.84. The summed E-state index contributed by atoms with van der Waals surface area (Å²) in [5.74, 6) is -0.198. The predicted octanol–water partition coefficient (Wildman–Crippen LogP) is 3.05. The molecule has 0 aliphatic carbocycles. The first kappa shape index (κ1) is 20.4. The van der Waals surface area contributed by atoms with Crippen LogP contribution in [-0.4, -0.2) is 68.2 Å². The first-order valence-corrected chi connectivity index (χ1v) is 10.3. The van der Waals surface area contributed by atoms with Crippen LogP contribution in [0.2, 0.25) is 5.02 Å². The number of ether oxygens (including phenoxy) is 1. The van der Waals surface area contributed by atoms with Crippen LogP contribution in [0, 0.1) is 10.1 Å². The molecule has 1 amide bonds. The van der Waals surface area contributed by atoms with E-state index in [1.165, 1.54) is 6.07 Å². The molecular weight excluding hydrogens is 408 g/mol. The Balaban J connectivity index is 1.51. The molecule has 2 heterocycles. The van der Waals surface area contributed by atoms with Crippen molar-refractivity contribution in [3.05, 3.63) is 63.2 Å². The summed E-state index contributed by atoms with van der Waals surface area (Å²) in [5.41, 5.74) is 1.81. The van der Waals surface area contributed by atoms with E-state index in [1.807, 2.05) is 29.2 Å². The van der Waals surface area contributed by atoms with Gasteiger partial charge in [0.1, 0.15) is 5.69 Å². The number of hydrogen-bond donors (Lipinski definition) is 0. The van der Waals surface area contributed by atoms with Crippen molar-refractivity contribution >= 4 is 34.6 Å². The molecule has 4 rings (SSSR count). The summed E-state index contributed by atoms with van der Waals surface area (Å²) in [4.78, 5) is 29.9. The first-order valence-electron chi connectivity index (χ1n) is 9.94. The van der Waals surface area contributed by atoms with Crippen molar-refractivity contribution < 1.29 is 14.5 Å². The molecule has 0 atom stereocenters. The molecular formula is C21H23ClN4O4. The quantitative estimate of drug-likeness (QED) is 0.548. The lowest BCUT2D eigenvalue weighted by Crippen LogP contribution is -2.46. The van der Waals surface area contributed by atoms with Crippen molar-refractivity contribution in [1.29, 1.82) is 0 Å². The summed E-state index contributed by atoms with van der Waals surface area (Å²) in [6.45, 7) is 4.64. The van der Waals surface area contributed by atoms with Crippen LogP contribution in [0.3, 0.4) is 0 Å². The van der Waals surface area contributed by atoms with E-state index in [1.54, 1.807) is 17.0 Å². The summed E-state index contributed by atoms with van der Waals surface area (Å²) in [6.07, 6.45) is 0. The van der Waals surface area contributed by atoms with Crippen molar-refractivity contribution in [3.8, 4) is 0 Å². The van der Waals surface area contributed by atoms with Gasteiger partial charge in [-0.3, -0.25) is 14.9 Å². The topological polar surface area (TPSA) is 79.2 Å². The number of anilines is 2. The standard InChI is InChI=1S/C21H23ClN4O4/c22-17-3-1-2-4-18(17)23-7-9-24(10-8-23)19-6-5-16(15-20(19)26(28)29)21(27)25-11-13-30-14-12-25/h1-6,15H,7-14H2. The van der Waals surface area contributed by atoms with E-state index in [9.17, 15) is 14.9 Å². The van der Waals surface area contributed by atoms with Gasteiger partial charge in [-0.1, -0.05) is 23.7 Å². The fourth-order valence-electron chi connectivity index (χ4n) is 3.92. The molecule has 2 saturated heterocycles. The Morgan fingerprint density at radius 2 is 1.57 bits per heavy atom. The zero-order chi connectivity index (χ0) is 21.1. The molecule has 2 aromatic carbocycles. The molecule has 2 aliphatic heterocycles. The van der Waals surface area contributed by atoms with Crippen LogP contribution in [0.5, 0.6) is 0 Å². The molecule has 0 radical (unpaired) electrons. The predicted molar refractivity (Wildman–Crippen MR) is 116 cm³/mol. The minimum absolute atomic E-state index is 0.0414. The number of carbonyl (C=O) groups excluding carboxylic acids is 1. The average molecular weight is 431 g/mol. The van der Waals surface area contributed by atoms with E-state index in [2.05, 4.69) is 4.90 Å². The molecule has 158 valence electrons. The maximum Gasteiger partial charge on any atom is 0.293 e. The van der Waals surface area contributed by atoms with E-state index < -0.39 is 4.92 Å². The highest BCUT2D eigenvalue weighted by Crippen LogP contribution is 2.32. The number of piperazine rings is 1. The molecule has 2 aliphatic rings. The van der Waals surface area contributed by atoms with Crippen LogP contribution in [0.25, 0.3) is 0 Å². The Morgan fingerprint density at radius 3 is 2.20 bits per heavy atom. The third kappa shape index (κ3) is 4.20. The summed E-state index contributed by atoms with van der Waals surface area (Å²) >= 11 is 6.30. The molecule has 0 bridgehead atoms. The zero-order valence-corrected chi connectivity index (χ0v) is 17.3. The highest BCUT2D eigenvalue weighted by Gasteiger charge is 2.27. The second-order valence-corrected chi connectivity index (χ2v) is 7.70. The molecule has 0 unspecified atom stereocenters. The van der Waals surface area contributed by atoms with E-state index in [-0.39, 0.29) is 11.6 Å². The number of amides is 1. The Morgan fingerprint density at radius 1 is 0.933 bits per heavy atom. The monoisotopic (exact) mass is 430 g/mol. The number of nitro benzene ring substituents is 1. The normalized spacial score (nSPS) is 17.2. The smallest absolute Gasteiger partial charge is 0.293 e. The number of carbonyl (C=O) groups is 1. The van der Waals surface area contributed by atoms with Crippen LogP contribution in [0.1, 0.15) is 10.4 Å². The molecule has 2 aromatic rings. The summed E-state index contributed by atoms with van der Waals surface area (Å²) in [7, 11) is 0. The number of nitrogens with zero attached hydrogens (tertiary/aromatic N) is 4. The SMILES string of the molecule is O=C(c1ccc(N2CCN(c3ccccc3Cl)CC2)c([N+](=O)[O-])c1)N1CCOCC1. The molecule has 2 fully saturated rings. The second-order valence-electron chi connectivity index (χ2n) is 7.29. The van der Waals surface area contributed by atoms with Crippen molar-refractivity contribution in [1.82, 2.24) is 4.90 Å². The maximum absolute atomic E-state index is 12.7. The lowest BCUT2D eigenvalue weighted by atomic mass is 10.1. The van der Waals surface area contributed by atoms with Crippen LogP contribution in [0.4, 0.5) is 17.1 Å². The largest absolute Gasteiger partial charge is 0.378 e. The van der Waals surface area contributed by atoms with Crippen molar-refractivity contribution in [2.24, 2.45) is 0 Å². The summed E-state index contributed by atoms with van der Waals surface area (Å²) in [5, 5.41) is 12.4. The molecule has 0 saturated carbocycles. The zero-order valence-electron chi connectivity index (χ0n) is 16.5. The third-order valence-corrected chi connectivity index (χ3v) is 5.85. The van der Waals surface area contributed by atoms with Crippen molar-refractivity contribution in [2.75, 3.05) is 62.3 Å². The fourth-order valence-corrected chi connectivity index (χ4v) is 4.17. The molecule has 0 aromatic heterocycles. The Bertz CT molecular complexity index is 940. The van der Waals surface area contributed by atoms with Crippen LogP contribution in [-0.2, 0) is 4.74 Å². The first-order chi connectivity index (χ1) is 14.5. The Kier molecular flexibility index (Phi) is 6.06. The number of hydrogen-bond acceptors (Lipinski definition) is 6. The fraction of sp³-hybridized carbons (Fsp3) is 0.381. The molecule has 0 N–H and O–H groups in total. The Labute approximate surface area is 179 Å². The van der Waals surface area contributed by atoms with Gasteiger partial charge in [0.25, 0.3) is 11.6 Å². The molecule has 8 nitrogen and oxygen atoms in total. The maximum atomic E-state index is 12.7. The van der Waals surface area contributed by atoms with Gasteiger partial charge < -0.3 is 19.4 Å². The number of benzene rings is 2. The van der Waals surface area contributed by atoms with Gasteiger partial charge >= 0.3 is 0 Å². The van der Waals surface area contributed by atoms with Crippen molar-refractivity contribution in [2.45, 2.75) is 0 Å². The van der Waals surface area contributed by atoms with E-state index >= 15 is 0 Å². The summed E-state index contributed by atoms with van der Waals surface area (Å²) in [6, 6.07) is 12.4. The number of para-hydroxylation sites is 1. The van der Waals surface area contributed by atoms with Gasteiger partial charge in [-0.15, -0.1) is 0 Å². The van der Waals surface area contributed by atoms with E-state index in [4.69, 9.17) is 16.3 Å². The van der Waals surface area contributed by atoms with Crippen LogP contribution in [0.15, 0.2) is 42.5 Å². The van der Waals surface area contributed by atoms with Gasteiger partial charge in [-0.05, 0) is 24.3 Å². The van der Waals surface area contributed by atoms with Crippen molar-refractivity contribution in [3.63, 3.8) is 0 Å². The third-order valence-electron chi connectivity index (χ3n) is 5.53. The van der Waals surface area contributed by atoms with Gasteiger partial charge in [0, 0.05) is 50.9 Å².